The van der Waals surface area contributed by atoms with Crippen molar-refractivity contribution in [3.8, 4) is 23.0 Å². The number of aliphatic hydroxyl groups is 1. The predicted molar refractivity (Wildman–Crippen MR) is 145 cm³/mol. The highest BCUT2D eigenvalue weighted by molar-refractivity contribution is 6.46. The second-order valence-electron chi connectivity index (χ2n) is 9.01. The Balaban J connectivity index is 1.64. The molecule has 3 aromatic carbocycles. The van der Waals surface area contributed by atoms with E-state index in [1.54, 1.807) is 42.5 Å². The molecule has 39 heavy (non-hydrogen) atoms. The van der Waals surface area contributed by atoms with Crippen LogP contribution in [-0.2, 0) is 16.1 Å². The zero-order valence-electron chi connectivity index (χ0n) is 21.6. The summed E-state index contributed by atoms with van der Waals surface area (Å²) in [5.74, 6) is 0.212. The monoisotopic (exact) mass is 527 g/mol. The summed E-state index contributed by atoms with van der Waals surface area (Å²) in [5.41, 5.74) is 1.77. The molecule has 1 amide bonds. The molecule has 0 aliphatic carbocycles. The van der Waals surface area contributed by atoms with Gasteiger partial charge in [0.15, 0.2) is 23.0 Å². The van der Waals surface area contributed by atoms with Crippen molar-refractivity contribution in [3.05, 3.63) is 102 Å². The van der Waals surface area contributed by atoms with Crippen molar-refractivity contribution in [3.63, 3.8) is 0 Å². The van der Waals surface area contributed by atoms with E-state index in [0.29, 0.717) is 53.9 Å². The van der Waals surface area contributed by atoms with Crippen molar-refractivity contribution in [2.45, 2.75) is 19.5 Å². The van der Waals surface area contributed by atoms with Crippen LogP contribution in [0.5, 0.6) is 23.0 Å². The van der Waals surface area contributed by atoms with E-state index in [1.165, 1.54) is 4.90 Å². The van der Waals surface area contributed by atoms with Gasteiger partial charge in [-0.3, -0.25) is 9.59 Å². The second-order valence-corrected chi connectivity index (χ2v) is 9.01. The fraction of sp³-hybridized carbons (Fsp3) is 0.226. The summed E-state index contributed by atoms with van der Waals surface area (Å²) in [6.07, 6.45) is 1.63. The molecule has 1 N–H and O–H groups in total. The molecule has 1 saturated heterocycles. The van der Waals surface area contributed by atoms with Gasteiger partial charge in [-0.25, -0.2) is 0 Å². The largest absolute Gasteiger partial charge is 0.507 e. The normalized spacial score (nSPS) is 17.7. The lowest BCUT2D eigenvalue weighted by atomic mass is 9.94. The predicted octanol–water partition coefficient (Wildman–Crippen LogP) is 5.04. The minimum absolute atomic E-state index is 0.0187. The highest BCUT2D eigenvalue weighted by atomic mass is 16.6. The summed E-state index contributed by atoms with van der Waals surface area (Å²) in [4.78, 5) is 28.4. The number of nitrogens with zero attached hydrogens (tertiary/aromatic N) is 1. The van der Waals surface area contributed by atoms with Crippen LogP contribution in [0.2, 0.25) is 0 Å². The van der Waals surface area contributed by atoms with Crippen molar-refractivity contribution in [1.29, 1.82) is 0 Å². The SMILES string of the molecule is C=CCOc1ccc([C@@H]2C(=C(O)c3ccc4c(c3)OCCO4)C(=O)C(=O)N2Cc2ccccc2)cc1OCC. The minimum Gasteiger partial charge on any atom is -0.507 e. The Morgan fingerprint density at radius 1 is 1.00 bits per heavy atom. The Hall–Kier alpha value is -4.72. The number of carbonyl (C=O) groups excluding carboxylic acids is 2. The summed E-state index contributed by atoms with van der Waals surface area (Å²) in [5, 5.41) is 11.5. The molecule has 8 heteroatoms. The molecule has 0 aromatic heterocycles. The van der Waals surface area contributed by atoms with Crippen molar-refractivity contribution < 1.29 is 33.6 Å². The third kappa shape index (κ3) is 5.18. The zero-order valence-corrected chi connectivity index (χ0v) is 21.6. The first-order chi connectivity index (χ1) is 19.0. The summed E-state index contributed by atoms with van der Waals surface area (Å²) in [6, 6.07) is 18.7. The molecule has 2 heterocycles. The Morgan fingerprint density at radius 2 is 1.77 bits per heavy atom. The fourth-order valence-electron chi connectivity index (χ4n) is 4.75. The highest BCUT2D eigenvalue weighted by Gasteiger charge is 2.46. The van der Waals surface area contributed by atoms with Crippen LogP contribution in [0.15, 0.2) is 85.0 Å². The van der Waals surface area contributed by atoms with Gasteiger partial charge < -0.3 is 29.0 Å². The topological polar surface area (TPSA) is 94.5 Å². The molecule has 200 valence electrons. The van der Waals surface area contributed by atoms with Crippen LogP contribution in [-0.4, -0.2) is 48.1 Å². The van der Waals surface area contributed by atoms with Crippen LogP contribution >= 0.6 is 0 Å². The number of ketones is 1. The summed E-state index contributed by atoms with van der Waals surface area (Å²) < 4.78 is 22.8. The lowest BCUT2D eigenvalue weighted by Gasteiger charge is -2.26. The van der Waals surface area contributed by atoms with E-state index in [2.05, 4.69) is 6.58 Å². The van der Waals surface area contributed by atoms with Gasteiger partial charge in [0.25, 0.3) is 11.7 Å². The van der Waals surface area contributed by atoms with Crippen molar-refractivity contribution in [1.82, 2.24) is 4.90 Å². The number of likely N-dealkylation sites (tertiary alicyclic amines) is 1. The van der Waals surface area contributed by atoms with Crippen molar-refractivity contribution in [2.24, 2.45) is 0 Å². The maximum atomic E-state index is 13.5. The molecule has 5 rings (SSSR count). The molecule has 2 aliphatic rings. The molecule has 0 saturated carbocycles. The molecule has 2 aliphatic heterocycles. The third-order valence-electron chi connectivity index (χ3n) is 6.49. The third-order valence-corrected chi connectivity index (χ3v) is 6.49. The summed E-state index contributed by atoms with van der Waals surface area (Å²) >= 11 is 0. The molecule has 0 spiro atoms. The molecule has 0 radical (unpaired) electrons. The van der Waals surface area contributed by atoms with E-state index in [1.807, 2.05) is 37.3 Å². The number of fused-ring (bicyclic) bond motifs is 1. The van der Waals surface area contributed by atoms with Gasteiger partial charge in [0, 0.05) is 12.1 Å². The first-order valence-electron chi connectivity index (χ1n) is 12.7. The van der Waals surface area contributed by atoms with E-state index in [9.17, 15) is 14.7 Å². The van der Waals surface area contributed by atoms with Crippen LogP contribution in [0.4, 0.5) is 0 Å². The first kappa shape index (κ1) is 25.9. The van der Waals surface area contributed by atoms with E-state index in [4.69, 9.17) is 18.9 Å². The first-order valence-corrected chi connectivity index (χ1v) is 12.7. The lowest BCUT2D eigenvalue weighted by Crippen LogP contribution is -2.29. The van der Waals surface area contributed by atoms with Gasteiger partial charge in [-0.15, -0.1) is 0 Å². The average Bonchev–Trinajstić information content (AvgIpc) is 3.21. The van der Waals surface area contributed by atoms with Gasteiger partial charge >= 0.3 is 0 Å². The van der Waals surface area contributed by atoms with Gasteiger partial charge in [-0.05, 0) is 48.4 Å². The van der Waals surface area contributed by atoms with E-state index in [0.717, 1.165) is 5.56 Å². The molecule has 0 bridgehead atoms. The maximum Gasteiger partial charge on any atom is 0.295 e. The number of ether oxygens (including phenoxy) is 4. The smallest absolute Gasteiger partial charge is 0.295 e. The van der Waals surface area contributed by atoms with Crippen LogP contribution in [0.3, 0.4) is 0 Å². The number of Topliss-reactive ketones (excluding diaryl/α,β-unsaturated/α-hetero) is 1. The number of carbonyl (C=O) groups is 2. The summed E-state index contributed by atoms with van der Waals surface area (Å²) in [6.45, 7) is 7.19. The van der Waals surface area contributed by atoms with Crippen LogP contribution in [0.25, 0.3) is 5.76 Å². The van der Waals surface area contributed by atoms with Gasteiger partial charge in [-0.2, -0.15) is 0 Å². The molecular weight excluding hydrogens is 498 g/mol. The molecule has 8 nitrogen and oxygen atoms in total. The molecule has 0 unspecified atom stereocenters. The van der Waals surface area contributed by atoms with E-state index >= 15 is 0 Å². The Kier molecular flexibility index (Phi) is 7.54. The second kappa shape index (κ2) is 11.3. The quantitative estimate of drug-likeness (QED) is 0.180. The van der Waals surface area contributed by atoms with Gasteiger partial charge in [-0.1, -0.05) is 49.1 Å². The molecule has 1 fully saturated rings. The number of rotatable bonds is 9. The van der Waals surface area contributed by atoms with Crippen LogP contribution in [0.1, 0.15) is 29.7 Å². The molecule has 1 atom stereocenters. The molecule has 3 aromatic rings. The fourth-order valence-corrected chi connectivity index (χ4v) is 4.75. The number of hydrogen-bond acceptors (Lipinski definition) is 7. The van der Waals surface area contributed by atoms with Gasteiger partial charge in [0.05, 0.1) is 18.2 Å². The van der Waals surface area contributed by atoms with E-state index < -0.39 is 17.7 Å². The standard InChI is InChI=1S/C31H29NO7/c1-3-14-37-23-12-10-21(17-25(23)36-4-2)28-27(29(33)22-11-13-24-26(18-22)39-16-15-38-24)30(34)31(35)32(28)19-20-8-6-5-7-9-20/h3,5-13,17-18,28,33H,1,4,14-16,19H2,2H3/t28-/m1/s1. The Bertz CT molecular complexity index is 1430. The number of amides is 1. The minimum atomic E-state index is -0.869. The zero-order chi connectivity index (χ0) is 27.4. The van der Waals surface area contributed by atoms with Crippen molar-refractivity contribution >= 4 is 17.4 Å². The van der Waals surface area contributed by atoms with Crippen LogP contribution in [0, 0.1) is 0 Å². The average molecular weight is 528 g/mol. The summed E-state index contributed by atoms with van der Waals surface area (Å²) in [7, 11) is 0. The highest BCUT2D eigenvalue weighted by Crippen LogP contribution is 2.43. The lowest BCUT2D eigenvalue weighted by molar-refractivity contribution is -0.140. The molecular formula is C31H29NO7. The van der Waals surface area contributed by atoms with Gasteiger partial charge in [0.2, 0.25) is 0 Å². The van der Waals surface area contributed by atoms with E-state index in [-0.39, 0.29) is 24.5 Å². The Labute approximate surface area is 226 Å². The Morgan fingerprint density at radius 3 is 2.51 bits per heavy atom. The maximum absolute atomic E-state index is 13.5. The van der Waals surface area contributed by atoms with Crippen LogP contribution < -0.4 is 18.9 Å². The number of hydrogen-bond donors (Lipinski definition) is 1. The number of benzene rings is 3. The van der Waals surface area contributed by atoms with Gasteiger partial charge in [0.1, 0.15) is 25.6 Å². The number of aliphatic hydroxyl groups excluding tert-OH is 1. The van der Waals surface area contributed by atoms with Crippen molar-refractivity contribution in [2.75, 3.05) is 26.4 Å².